The Kier molecular flexibility index (Phi) is 10.0. The Morgan fingerprint density at radius 3 is 2.11 bits per heavy atom. The van der Waals surface area contributed by atoms with Crippen molar-refractivity contribution in [3.63, 3.8) is 0 Å². The molecule has 0 aromatic heterocycles. The van der Waals surface area contributed by atoms with E-state index < -0.39 is 16.9 Å². The van der Waals surface area contributed by atoms with Gasteiger partial charge in [-0.2, -0.15) is 0 Å². The number of amides is 1. The van der Waals surface area contributed by atoms with Crippen molar-refractivity contribution >= 4 is 16.9 Å². The molecule has 5 nitrogen and oxygen atoms in total. The first-order valence-electron chi connectivity index (χ1n) is 1.66. The summed E-state index contributed by atoms with van der Waals surface area (Å²) >= 11 is 0. The minimum atomic E-state index is -2.67. The fourth-order valence-electron chi connectivity index (χ4n) is 0.0927. The van der Waals surface area contributed by atoms with Gasteiger partial charge in [-0.15, -0.1) is 0 Å². The molecule has 0 spiro atoms. The molecule has 1 amide bonds. The standard InChI is InChI=1S/C2H4NO4S.K/c1-2(4)3-7-8(5)6;/h1H3,(H,3,4);/q-1;+1. The molecule has 0 rings (SSSR count). The summed E-state index contributed by atoms with van der Waals surface area (Å²) < 4.78 is 22.6. The van der Waals surface area contributed by atoms with E-state index in [2.05, 4.69) is 4.28 Å². The molecule has 0 heterocycles. The molecule has 0 aromatic rings. The third-order valence-electron chi connectivity index (χ3n) is 0.253. The maximum absolute atomic E-state index is 9.84. The molecular formula is C2H4KNO4S. The van der Waals surface area contributed by atoms with Crippen LogP contribution in [-0.2, 0) is 28.5 Å². The smallest absolute Gasteiger partial charge is 0.395 e. The molecule has 0 atom stereocenters. The number of carbonyl (C=O) groups is 1. The second kappa shape index (κ2) is 7.13. The Balaban J connectivity index is 0. The minimum Gasteiger partial charge on any atom is -0.395 e. The summed E-state index contributed by atoms with van der Waals surface area (Å²) in [6, 6.07) is 0. The predicted molar refractivity (Wildman–Crippen MR) is 23.6 cm³/mol. The van der Waals surface area contributed by atoms with E-state index in [0.29, 0.717) is 0 Å². The Morgan fingerprint density at radius 2 is 2.00 bits per heavy atom. The third-order valence-corrected chi connectivity index (χ3v) is 0.473. The summed E-state index contributed by atoms with van der Waals surface area (Å²) in [6.07, 6.45) is 0. The second-order valence-corrected chi connectivity index (χ2v) is 1.52. The van der Waals surface area contributed by atoms with Crippen LogP contribution in [0.15, 0.2) is 0 Å². The topological polar surface area (TPSA) is 72.5 Å². The molecule has 0 saturated heterocycles. The normalized spacial score (nSPS) is 8.22. The van der Waals surface area contributed by atoms with Crippen LogP contribution in [0.1, 0.15) is 6.92 Å². The molecule has 0 aliphatic carbocycles. The zero-order valence-corrected chi connectivity index (χ0v) is 8.98. The minimum absolute atomic E-state index is 0. The van der Waals surface area contributed by atoms with Gasteiger partial charge in [0.25, 0.3) is 0 Å². The average Bonchev–Trinajstić information content (AvgIpc) is 1.61. The van der Waals surface area contributed by atoms with Crippen LogP contribution in [0.25, 0.3) is 0 Å². The molecule has 0 unspecified atom stereocenters. The van der Waals surface area contributed by atoms with Crippen molar-refractivity contribution in [2.24, 2.45) is 0 Å². The fraction of sp³-hybridized carbons (Fsp3) is 0.500. The van der Waals surface area contributed by atoms with Crippen LogP contribution < -0.4 is 56.9 Å². The van der Waals surface area contributed by atoms with Crippen molar-refractivity contribution in [1.82, 2.24) is 5.48 Å². The van der Waals surface area contributed by atoms with Crippen molar-refractivity contribution < 1.29 is 68.9 Å². The molecule has 7 heteroatoms. The third kappa shape index (κ3) is 12.3. The van der Waals surface area contributed by atoms with Gasteiger partial charge in [0.1, 0.15) is 0 Å². The molecule has 0 radical (unpaired) electrons. The monoisotopic (exact) mass is 177 g/mol. The molecule has 0 aromatic carbocycles. The van der Waals surface area contributed by atoms with Gasteiger partial charge < -0.3 is 12.7 Å². The van der Waals surface area contributed by atoms with Gasteiger partial charge in [0.05, 0.1) is 11.0 Å². The van der Waals surface area contributed by atoms with E-state index in [0.717, 1.165) is 6.92 Å². The maximum atomic E-state index is 9.84. The summed E-state index contributed by atoms with van der Waals surface area (Å²) in [5, 5.41) is 0. The predicted octanol–water partition coefficient (Wildman–Crippen LogP) is -3.72. The summed E-state index contributed by atoms with van der Waals surface area (Å²) in [5.41, 5.74) is 1.59. The molecule has 9 heavy (non-hydrogen) atoms. The van der Waals surface area contributed by atoms with Gasteiger partial charge in [0.15, 0.2) is 0 Å². The van der Waals surface area contributed by atoms with Crippen molar-refractivity contribution in [3.05, 3.63) is 0 Å². The van der Waals surface area contributed by atoms with Gasteiger partial charge in [0, 0.05) is 6.92 Å². The number of hydrogen-bond acceptors (Lipinski definition) is 5. The molecule has 0 fully saturated rings. The van der Waals surface area contributed by atoms with Gasteiger partial charge in [-0.1, -0.05) is 0 Å². The number of hydroxylamine groups is 1. The number of hydrogen-bond donors (Lipinski definition) is 1. The summed E-state index contributed by atoms with van der Waals surface area (Å²) in [7, 11) is -2.67. The molecule has 0 saturated carbocycles. The summed E-state index contributed by atoms with van der Waals surface area (Å²) in [5.74, 6) is -0.561. The van der Waals surface area contributed by atoms with Crippen LogP contribution in [0.4, 0.5) is 0 Å². The van der Waals surface area contributed by atoms with Crippen molar-refractivity contribution in [1.29, 1.82) is 0 Å². The van der Waals surface area contributed by atoms with E-state index in [-0.39, 0.29) is 51.4 Å². The van der Waals surface area contributed by atoms with Crippen LogP contribution >= 0.6 is 0 Å². The van der Waals surface area contributed by atoms with Crippen molar-refractivity contribution in [3.8, 4) is 0 Å². The summed E-state index contributed by atoms with van der Waals surface area (Å²) in [4.78, 5) is 9.84. The Hall–Kier alpha value is 1.02. The molecule has 48 valence electrons. The zero-order chi connectivity index (χ0) is 6.57. The van der Waals surface area contributed by atoms with Crippen LogP contribution in [0.2, 0.25) is 0 Å². The fourth-order valence-corrected chi connectivity index (χ4v) is 0.278. The van der Waals surface area contributed by atoms with Gasteiger partial charge >= 0.3 is 51.4 Å². The largest absolute Gasteiger partial charge is 1.00 e. The second-order valence-electron chi connectivity index (χ2n) is 0.946. The van der Waals surface area contributed by atoms with Crippen molar-refractivity contribution in [2.75, 3.05) is 0 Å². The number of rotatable bonds is 2. The zero-order valence-electron chi connectivity index (χ0n) is 5.04. The molecular weight excluding hydrogens is 173 g/mol. The van der Waals surface area contributed by atoms with Gasteiger partial charge in [-0.3, -0.25) is 10.3 Å². The van der Waals surface area contributed by atoms with E-state index in [1.165, 1.54) is 0 Å². The first-order chi connectivity index (χ1) is 3.63. The van der Waals surface area contributed by atoms with Gasteiger partial charge in [-0.05, 0) is 0 Å². The molecule has 0 aliphatic rings. The number of carbonyl (C=O) groups excluding carboxylic acids is 1. The maximum Gasteiger partial charge on any atom is 1.00 e. The van der Waals surface area contributed by atoms with Crippen molar-refractivity contribution in [2.45, 2.75) is 6.92 Å². The first-order valence-corrected chi connectivity index (χ1v) is 2.66. The average molecular weight is 177 g/mol. The Morgan fingerprint density at radius 1 is 1.56 bits per heavy atom. The Labute approximate surface area is 96.7 Å². The van der Waals surface area contributed by atoms with Gasteiger partial charge in [-0.25, -0.2) is 0 Å². The molecule has 0 aliphatic heterocycles. The van der Waals surface area contributed by atoms with E-state index >= 15 is 0 Å². The van der Waals surface area contributed by atoms with Crippen LogP contribution in [0.5, 0.6) is 0 Å². The van der Waals surface area contributed by atoms with Gasteiger partial charge in [0.2, 0.25) is 5.91 Å². The molecule has 0 bridgehead atoms. The van der Waals surface area contributed by atoms with Crippen LogP contribution in [-0.4, -0.2) is 5.91 Å². The SMILES string of the molecule is CC(=O)NO[S-](=O)=O.[K+]. The Bertz CT molecular complexity index is 147. The number of nitrogens with one attached hydrogen (secondary N) is 1. The van der Waals surface area contributed by atoms with E-state index in [1.54, 1.807) is 5.48 Å². The van der Waals surface area contributed by atoms with E-state index in [4.69, 9.17) is 0 Å². The summed E-state index contributed by atoms with van der Waals surface area (Å²) in [6.45, 7) is 1.13. The van der Waals surface area contributed by atoms with Crippen LogP contribution in [0.3, 0.4) is 0 Å². The molecule has 1 N–H and O–H groups in total. The van der Waals surface area contributed by atoms with E-state index in [9.17, 15) is 13.2 Å². The first kappa shape index (κ1) is 12.7. The quantitative estimate of drug-likeness (QED) is 0.267. The van der Waals surface area contributed by atoms with Crippen LogP contribution in [0, 0.1) is 0 Å². The van der Waals surface area contributed by atoms with E-state index in [1.807, 2.05) is 0 Å².